The van der Waals surface area contributed by atoms with Crippen molar-refractivity contribution in [3.63, 3.8) is 0 Å². The van der Waals surface area contributed by atoms with Crippen LogP contribution in [0.4, 0.5) is 0 Å². The monoisotopic (exact) mass is 334 g/mol. The lowest BCUT2D eigenvalue weighted by molar-refractivity contribution is -0.148. The third-order valence-corrected chi connectivity index (χ3v) is 11.5. The normalized spacial score (nSPS) is 16.9. The van der Waals surface area contributed by atoms with Gasteiger partial charge in [0.25, 0.3) is 0 Å². The van der Waals surface area contributed by atoms with E-state index in [2.05, 4.69) is 57.8 Å². The van der Waals surface area contributed by atoms with Gasteiger partial charge in [0.1, 0.15) is 8.07 Å². The first-order chi connectivity index (χ1) is 10.7. The zero-order chi connectivity index (χ0) is 17.7. The summed E-state index contributed by atoms with van der Waals surface area (Å²) in [6.45, 7) is 13.6. The summed E-state index contributed by atoms with van der Waals surface area (Å²) in [6.07, 6.45) is 4.36. The topological polar surface area (TPSA) is 62.7 Å². The second kappa shape index (κ2) is 7.94. The molecule has 1 saturated carbocycles. The highest BCUT2D eigenvalue weighted by atomic mass is 28.3. The maximum atomic E-state index is 11.7. The standard InChI is InChI=1S/C18H30N2O2Si/c1-14(2)23(15(3)4,16(5)6)12-11-18(9-7-8-10-18)22-17(21)13-20-19/h13-16H,7-10H2,1-6H3. The number of carbonyl (C=O) groups excluding carboxylic acids is 1. The minimum absolute atomic E-state index is 0.545. The molecular weight excluding hydrogens is 304 g/mol. The maximum Gasteiger partial charge on any atom is 0.415 e. The van der Waals surface area contributed by atoms with Crippen LogP contribution in [0.15, 0.2) is 0 Å². The van der Waals surface area contributed by atoms with Gasteiger partial charge in [-0.05, 0) is 42.3 Å². The van der Waals surface area contributed by atoms with Gasteiger partial charge in [0.15, 0.2) is 5.60 Å². The fourth-order valence-electron chi connectivity index (χ4n) is 4.12. The summed E-state index contributed by atoms with van der Waals surface area (Å²) in [5.41, 5.74) is 13.1. The van der Waals surface area contributed by atoms with Gasteiger partial charge in [0.05, 0.1) is 0 Å². The van der Waals surface area contributed by atoms with Gasteiger partial charge in [-0.3, -0.25) is 0 Å². The highest BCUT2D eigenvalue weighted by molar-refractivity contribution is 6.90. The predicted molar refractivity (Wildman–Crippen MR) is 95.8 cm³/mol. The molecule has 128 valence electrons. The fraction of sp³-hybridized carbons (Fsp3) is 0.778. The molecule has 0 aromatic carbocycles. The summed E-state index contributed by atoms with van der Waals surface area (Å²) in [5.74, 6) is 2.78. The van der Waals surface area contributed by atoms with Crippen molar-refractivity contribution in [2.24, 2.45) is 0 Å². The van der Waals surface area contributed by atoms with Crippen LogP contribution in [-0.2, 0) is 9.53 Å². The molecule has 0 N–H and O–H groups in total. The molecule has 0 spiro atoms. The number of ether oxygens (including phenoxy) is 1. The van der Waals surface area contributed by atoms with Crippen molar-refractivity contribution in [1.82, 2.24) is 0 Å². The minimum atomic E-state index is -1.85. The second-order valence-corrected chi connectivity index (χ2v) is 13.1. The molecule has 23 heavy (non-hydrogen) atoms. The summed E-state index contributed by atoms with van der Waals surface area (Å²) in [6, 6.07) is 0. The lowest BCUT2D eigenvalue weighted by Gasteiger charge is -2.38. The number of rotatable bonds is 5. The van der Waals surface area contributed by atoms with Crippen LogP contribution in [0.2, 0.25) is 16.6 Å². The molecule has 0 bridgehead atoms. The molecule has 0 saturated heterocycles. The summed E-state index contributed by atoms with van der Waals surface area (Å²) in [7, 11) is -1.85. The van der Waals surface area contributed by atoms with E-state index in [1.165, 1.54) is 0 Å². The minimum Gasteiger partial charge on any atom is -0.438 e. The number of nitrogens with zero attached hydrogens (tertiary/aromatic N) is 2. The van der Waals surface area contributed by atoms with Crippen LogP contribution < -0.4 is 0 Å². The molecular formula is C18H30N2O2Si. The SMILES string of the molecule is CC(C)[Si](C#CC1(OC(=O)C=[N+]=[N-])CCCC1)(C(C)C)C(C)C. The zero-order valence-corrected chi connectivity index (χ0v) is 16.3. The molecule has 0 radical (unpaired) electrons. The molecule has 1 fully saturated rings. The van der Waals surface area contributed by atoms with Gasteiger partial charge in [-0.2, -0.15) is 4.79 Å². The summed E-state index contributed by atoms with van der Waals surface area (Å²) in [5, 5.41) is 0. The Hall–Kier alpha value is -1.37. The van der Waals surface area contributed by atoms with E-state index in [0.717, 1.165) is 31.9 Å². The van der Waals surface area contributed by atoms with Crippen molar-refractivity contribution >= 4 is 20.3 Å². The maximum absolute atomic E-state index is 11.7. The largest absolute Gasteiger partial charge is 0.438 e. The van der Waals surface area contributed by atoms with Crippen LogP contribution in [0.3, 0.4) is 0 Å². The molecule has 0 aromatic heterocycles. The Bertz CT molecular complexity index is 509. The Labute approximate surface area is 141 Å². The summed E-state index contributed by atoms with van der Waals surface area (Å²) >= 11 is 0. The first-order valence-electron chi connectivity index (χ1n) is 8.65. The van der Waals surface area contributed by atoms with Crippen molar-refractivity contribution < 1.29 is 14.3 Å². The molecule has 1 aliphatic carbocycles. The molecule has 5 heteroatoms. The van der Waals surface area contributed by atoms with Crippen molar-refractivity contribution in [2.45, 2.75) is 89.5 Å². The van der Waals surface area contributed by atoms with Crippen LogP contribution in [0.25, 0.3) is 5.53 Å². The first kappa shape index (κ1) is 19.7. The number of carbonyl (C=O) groups is 1. The third-order valence-electron chi connectivity index (χ3n) is 5.24. The number of hydrogen-bond acceptors (Lipinski definition) is 2. The van der Waals surface area contributed by atoms with Crippen LogP contribution in [-0.4, -0.2) is 30.6 Å². The van der Waals surface area contributed by atoms with E-state index >= 15 is 0 Å². The Kier molecular flexibility index (Phi) is 6.79. The van der Waals surface area contributed by atoms with E-state index in [-0.39, 0.29) is 0 Å². The Balaban J connectivity index is 3.24. The lowest BCUT2D eigenvalue weighted by Crippen LogP contribution is -2.44. The first-order valence-corrected chi connectivity index (χ1v) is 10.9. The second-order valence-electron chi connectivity index (χ2n) is 7.51. The van der Waals surface area contributed by atoms with Gasteiger partial charge in [0, 0.05) is 0 Å². The van der Waals surface area contributed by atoms with E-state index in [0.29, 0.717) is 16.6 Å². The van der Waals surface area contributed by atoms with E-state index in [4.69, 9.17) is 10.3 Å². The molecule has 1 rings (SSSR count). The van der Waals surface area contributed by atoms with E-state index in [1.54, 1.807) is 0 Å². The molecule has 0 atom stereocenters. The van der Waals surface area contributed by atoms with Crippen molar-refractivity contribution in [3.8, 4) is 11.5 Å². The van der Waals surface area contributed by atoms with E-state index in [9.17, 15) is 4.79 Å². The average Bonchev–Trinajstić information content (AvgIpc) is 2.87. The molecule has 0 aliphatic heterocycles. The van der Waals surface area contributed by atoms with Gasteiger partial charge in [0.2, 0.25) is 0 Å². The molecule has 4 nitrogen and oxygen atoms in total. The predicted octanol–water partition coefficient (Wildman–Crippen LogP) is 4.36. The fourth-order valence-corrected chi connectivity index (χ4v) is 9.43. The van der Waals surface area contributed by atoms with Crippen LogP contribution in [0, 0.1) is 11.5 Å². The van der Waals surface area contributed by atoms with E-state index in [1.807, 2.05) is 0 Å². The Morgan fingerprint density at radius 1 is 1.13 bits per heavy atom. The van der Waals surface area contributed by atoms with Crippen LogP contribution >= 0.6 is 0 Å². The summed E-state index contributed by atoms with van der Waals surface area (Å²) < 4.78 is 5.57. The van der Waals surface area contributed by atoms with Gasteiger partial charge in [-0.1, -0.05) is 47.5 Å². The van der Waals surface area contributed by atoms with Crippen LogP contribution in [0.1, 0.15) is 67.2 Å². The smallest absolute Gasteiger partial charge is 0.415 e. The molecule has 0 heterocycles. The Morgan fingerprint density at radius 2 is 1.61 bits per heavy atom. The molecule has 0 unspecified atom stereocenters. The van der Waals surface area contributed by atoms with Crippen molar-refractivity contribution in [3.05, 3.63) is 5.53 Å². The van der Waals surface area contributed by atoms with Gasteiger partial charge in [-0.15, -0.1) is 5.54 Å². The van der Waals surface area contributed by atoms with Gasteiger partial charge >= 0.3 is 12.2 Å². The molecule has 0 aromatic rings. The highest BCUT2D eigenvalue weighted by Gasteiger charge is 2.43. The highest BCUT2D eigenvalue weighted by Crippen LogP contribution is 2.41. The average molecular weight is 335 g/mol. The summed E-state index contributed by atoms with van der Waals surface area (Å²) in [4.78, 5) is 14.5. The number of esters is 1. The zero-order valence-electron chi connectivity index (χ0n) is 15.3. The van der Waals surface area contributed by atoms with Gasteiger partial charge in [-0.25, -0.2) is 4.79 Å². The third kappa shape index (κ3) is 4.34. The van der Waals surface area contributed by atoms with Crippen LogP contribution in [0.5, 0.6) is 0 Å². The van der Waals surface area contributed by atoms with Crippen molar-refractivity contribution in [1.29, 1.82) is 0 Å². The van der Waals surface area contributed by atoms with Gasteiger partial charge < -0.3 is 10.3 Å². The van der Waals surface area contributed by atoms with Crippen molar-refractivity contribution in [2.75, 3.05) is 0 Å². The molecule has 0 amide bonds. The molecule has 1 aliphatic rings. The lowest BCUT2D eigenvalue weighted by atomic mass is 10.0. The number of hydrogen-bond donors (Lipinski definition) is 0. The van der Waals surface area contributed by atoms with E-state index < -0.39 is 19.6 Å². The Morgan fingerprint density at radius 3 is 2.00 bits per heavy atom. The quantitative estimate of drug-likeness (QED) is 0.187.